The van der Waals surface area contributed by atoms with Crippen LogP contribution in [0.15, 0.2) is 23.8 Å². The Balaban J connectivity index is 1.90. The van der Waals surface area contributed by atoms with E-state index in [2.05, 4.69) is 52.8 Å². The molecule has 7 nitrogen and oxygen atoms in total. The molecular formula is C28H46O7. The number of methoxy groups -OCH3 is 2. The SMILES string of the molecule is COC(=O)C[C@H]1CC[C@H](C)[C@@H](/C(C)=C/C=C/[C@@H](C)C[C@@]2(C)O[C@@H]2[C@H](C)[C@@H](OC)[C@@H](C)OC(C)=O)O1. The van der Waals surface area contributed by atoms with Crippen molar-refractivity contribution in [2.75, 3.05) is 14.2 Å². The molecule has 200 valence electrons. The number of esters is 2. The Hall–Kier alpha value is -1.70. The third-order valence-electron chi connectivity index (χ3n) is 7.42. The molecule has 0 radical (unpaired) electrons. The highest BCUT2D eigenvalue weighted by Crippen LogP contribution is 2.47. The quantitative estimate of drug-likeness (QED) is 0.214. The van der Waals surface area contributed by atoms with Crippen LogP contribution in [0.3, 0.4) is 0 Å². The van der Waals surface area contributed by atoms with Gasteiger partial charge >= 0.3 is 11.9 Å². The summed E-state index contributed by atoms with van der Waals surface area (Å²) in [5.74, 6) is 0.306. The van der Waals surface area contributed by atoms with E-state index in [-0.39, 0.29) is 54.0 Å². The van der Waals surface area contributed by atoms with Gasteiger partial charge in [-0.25, -0.2) is 0 Å². The fourth-order valence-corrected chi connectivity index (χ4v) is 5.60. The van der Waals surface area contributed by atoms with E-state index in [4.69, 9.17) is 23.7 Å². The molecule has 0 aromatic heterocycles. The monoisotopic (exact) mass is 494 g/mol. The van der Waals surface area contributed by atoms with Crippen molar-refractivity contribution in [1.29, 1.82) is 0 Å². The van der Waals surface area contributed by atoms with Crippen molar-refractivity contribution in [3.05, 3.63) is 23.8 Å². The van der Waals surface area contributed by atoms with E-state index in [9.17, 15) is 9.59 Å². The second-order valence-electron chi connectivity index (χ2n) is 10.7. The van der Waals surface area contributed by atoms with Gasteiger partial charge in [-0.2, -0.15) is 0 Å². The van der Waals surface area contributed by atoms with Crippen LogP contribution in [0.5, 0.6) is 0 Å². The van der Waals surface area contributed by atoms with Gasteiger partial charge in [0.05, 0.1) is 43.5 Å². The van der Waals surface area contributed by atoms with Gasteiger partial charge in [0.1, 0.15) is 6.10 Å². The molecule has 0 unspecified atom stereocenters. The minimum absolute atomic E-state index is 0.0121. The summed E-state index contributed by atoms with van der Waals surface area (Å²) in [7, 11) is 3.06. The molecular weight excluding hydrogens is 448 g/mol. The molecule has 0 N–H and O–H groups in total. The Bertz CT molecular complexity index is 775. The van der Waals surface area contributed by atoms with Crippen molar-refractivity contribution in [1.82, 2.24) is 0 Å². The van der Waals surface area contributed by atoms with E-state index in [1.165, 1.54) is 19.6 Å². The number of hydrogen-bond acceptors (Lipinski definition) is 7. The molecule has 2 rings (SSSR count). The molecule has 2 fully saturated rings. The molecule has 35 heavy (non-hydrogen) atoms. The summed E-state index contributed by atoms with van der Waals surface area (Å²) in [6.45, 7) is 14.0. The number of carbonyl (C=O) groups is 2. The molecule has 0 aromatic carbocycles. The number of allylic oxidation sites excluding steroid dienone is 3. The Morgan fingerprint density at radius 2 is 1.83 bits per heavy atom. The van der Waals surface area contributed by atoms with E-state index in [1.807, 2.05) is 6.92 Å². The fourth-order valence-electron chi connectivity index (χ4n) is 5.60. The Morgan fingerprint density at radius 1 is 1.14 bits per heavy atom. The average molecular weight is 495 g/mol. The molecule has 0 amide bonds. The number of hydrogen-bond donors (Lipinski definition) is 0. The summed E-state index contributed by atoms with van der Waals surface area (Å²) in [5.41, 5.74) is 0.940. The Labute approximate surface area is 211 Å². The minimum Gasteiger partial charge on any atom is -0.469 e. The van der Waals surface area contributed by atoms with Crippen LogP contribution in [0.1, 0.15) is 74.1 Å². The van der Waals surface area contributed by atoms with Crippen LogP contribution in [0.2, 0.25) is 0 Å². The summed E-state index contributed by atoms with van der Waals surface area (Å²) in [6, 6.07) is 0. The third kappa shape index (κ3) is 8.43. The van der Waals surface area contributed by atoms with Crippen molar-refractivity contribution in [2.45, 2.75) is 110 Å². The van der Waals surface area contributed by atoms with Crippen molar-refractivity contribution in [3.63, 3.8) is 0 Å². The van der Waals surface area contributed by atoms with Crippen LogP contribution in [0.4, 0.5) is 0 Å². The predicted molar refractivity (Wildman–Crippen MR) is 135 cm³/mol. The van der Waals surface area contributed by atoms with Crippen molar-refractivity contribution in [2.24, 2.45) is 17.8 Å². The van der Waals surface area contributed by atoms with Crippen molar-refractivity contribution in [3.8, 4) is 0 Å². The van der Waals surface area contributed by atoms with Gasteiger partial charge in [0.15, 0.2) is 0 Å². The molecule has 0 aliphatic carbocycles. The smallest absolute Gasteiger partial charge is 0.308 e. The normalized spacial score (nSPS) is 32.5. The molecule has 0 saturated carbocycles. The molecule has 7 heteroatoms. The summed E-state index contributed by atoms with van der Waals surface area (Å²) >= 11 is 0. The average Bonchev–Trinajstić information content (AvgIpc) is 3.45. The predicted octanol–water partition coefficient (Wildman–Crippen LogP) is 5.02. The van der Waals surface area contributed by atoms with Crippen LogP contribution in [-0.2, 0) is 33.3 Å². The molecule has 0 spiro atoms. The topological polar surface area (TPSA) is 83.6 Å². The van der Waals surface area contributed by atoms with Gasteiger partial charge in [-0.3, -0.25) is 9.59 Å². The zero-order valence-corrected chi connectivity index (χ0v) is 23.0. The van der Waals surface area contributed by atoms with E-state index in [0.717, 1.165) is 19.3 Å². The lowest BCUT2D eigenvalue weighted by Gasteiger charge is -2.35. The largest absolute Gasteiger partial charge is 0.469 e. The van der Waals surface area contributed by atoms with Gasteiger partial charge in [-0.15, -0.1) is 0 Å². The molecule has 2 aliphatic heterocycles. The van der Waals surface area contributed by atoms with Crippen LogP contribution >= 0.6 is 0 Å². The summed E-state index contributed by atoms with van der Waals surface area (Å²) < 4.78 is 28.2. The van der Waals surface area contributed by atoms with Gasteiger partial charge in [0.25, 0.3) is 0 Å². The third-order valence-corrected chi connectivity index (χ3v) is 7.42. The first-order valence-electron chi connectivity index (χ1n) is 12.9. The van der Waals surface area contributed by atoms with Gasteiger partial charge in [-0.1, -0.05) is 39.0 Å². The summed E-state index contributed by atoms with van der Waals surface area (Å²) in [5, 5.41) is 0. The van der Waals surface area contributed by atoms with Gasteiger partial charge in [0.2, 0.25) is 0 Å². The van der Waals surface area contributed by atoms with Crippen LogP contribution in [0, 0.1) is 17.8 Å². The van der Waals surface area contributed by atoms with Gasteiger partial charge in [-0.05, 0) is 57.4 Å². The maximum atomic E-state index is 11.6. The van der Waals surface area contributed by atoms with E-state index >= 15 is 0 Å². The molecule has 2 aliphatic rings. The number of epoxide rings is 1. The van der Waals surface area contributed by atoms with Gasteiger partial charge in [0, 0.05) is 20.0 Å². The fraction of sp³-hybridized carbons (Fsp3) is 0.786. The number of carbonyl (C=O) groups excluding carboxylic acids is 2. The second-order valence-corrected chi connectivity index (χ2v) is 10.7. The highest BCUT2D eigenvalue weighted by Gasteiger charge is 2.57. The summed E-state index contributed by atoms with van der Waals surface area (Å²) in [6.07, 6.45) is 8.97. The molecule has 0 aromatic rings. The maximum absolute atomic E-state index is 11.6. The number of rotatable bonds is 12. The lowest BCUT2D eigenvalue weighted by Crippen LogP contribution is -2.39. The molecule has 2 saturated heterocycles. The first kappa shape index (κ1) is 29.5. The maximum Gasteiger partial charge on any atom is 0.308 e. The minimum atomic E-state index is -0.331. The first-order chi connectivity index (χ1) is 16.4. The lowest BCUT2D eigenvalue weighted by molar-refractivity contribution is -0.154. The molecule has 2 heterocycles. The van der Waals surface area contributed by atoms with E-state index < -0.39 is 0 Å². The highest BCUT2D eigenvalue weighted by atomic mass is 16.6. The van der Waals surface area contributed by atoms with Crippen LogP contribution in [0.25, 0.3) is 0 Å². The van der Waals surface area contributed by atoms with Crippen molar-refractivity contribution < 1.29 is 33.3 Å². The highest BCUT2D eigenvalue weighted by molar-refractivity contribution is 5.69. The van der Waals surface area contributed by atoms with Gasteiger partial charge < -0.3 is 23.7 Å². The standard InChI is InChI=1S/C28H46O7/c1-17(16-28(7)27(35-28)20(4)26(32-9)21(5)33-22(6)29)11-10-12-18(2)25-19(3)13-14-23(34-25)15-24(30)31-8/h10-12,17,19-21,23,25-27H,13-16H2,1-9H3/b11-10+,18-12+/t17-,19+,20-,21-,23-,25-,26-,27-,28-/m1/s1. The molecule has 9 atom stereocenters. The zero-order valence-electron chi connectivity index (χ0n) is 23.0. The van der Waals surface area contributed by atoms with E-state index in [0.29, 0.717) is 18.3 Å². The first-order valence-corrected chi connectivity index (χ1v) is 12.9. The Kier molecular flexibility index (Phi) is 11.0. The Morgan fingerprint density at radius 3 is 2.43 bits per heavy atom. The van der Waals surface area contributed by atoms with Crippen LogP contribution in [-0.4, -0.2) is 62.3 Å². The second kappa shape index (κ2) is 13.0. The lowest BCUT2D eigenvalue weighted by atomic mass is 9.85. The molecule has 0 bridgehead atoms. The van der Waals surface area contributed by atoms with E-state index in [1.54, 1.807) is 7.11 Å². The summed E-state index contributed by atoms with van der Waals surface area (Å²) in [4.78, 5) is 23.0. The van der Waals surface area contributed by atoms with Crippen LogP contribution < -0.4 is 0 Å². The number of ether oxygens (including phenoxy) is 5. The zero-order chi connectivity index (χ0) is 26.3. The van der Waals surface area contributed by atoms with Crippen molar-refractivity contribution >= 4 is 11.9 Å².